The summed E-state index contributed by atoms with van der Waals surface area (Å²) in [6, 6.07) is 7.36. The Kier molecular flexibility index (Phi) is 2.97. The highest BCUT2D eigenvalue weighted by molar-refractivity contribution is 9.10. The molecule has 0 unspecified atom stereocenters. The van der Waals surface area contributed by atoms with Crippen LogP contribution < -0.4 is 0 Å². The number of carbonyl (C=O) groups excluding carboxylic acids is 1. The summed E-state index contributed by atoms with van der Waals surface area (Å²) in [4.78, 5) is 12.1. The molecular formula is C13H11BrO2. The van der Waals surface area contributed by atoms with Gasteiger partial charge >= 0.3 is 0 Å². The van der Waals surface area contributed by atoms with Gasteiger partial charge in [0.1, 0.15) is 0 Å². The minimum atomic E-state index is -0.0972. The SMILES string of the molecule is Cc1ccc(C(=O)c2occc2Br)cc1C. The van der Waals surface area contributed by atoms with Gasteiger partial charge in [0.25, 0.3) is 0 Å². The fraction of sp³-hybridized carbons (Fsp3) is 0.154. The molecule has 1 aromatic carbocycles. The summed E-state index contributed by atoms with van der Waals surface area (Å²) >= 11 is 3.28. The predicted molar refractivity (Wildman–Crippen MR) is 65.8 cm³/mol. The highest BCUT2D eigenvalue weighted by Gasteiger charge is 2.16. The third-order valence-corrected chi connectivity index (χ3v) is 3.22. The van der Waals surface area contributed by atoms with E-state index in [1.54, 1.807) is 6.07 Å². The second-order valence-corrected chi connectivity index (χ2v) is 4.58. The zero-order valence-corrected chi connectivity index (χ0v) is 10.7. The second-order valence-electron chi connectivity index (χ2n) is 3.73. The first-order chi connectivity index (χ1) is 7.59. The van der Waals surface area contributed by atoms with Gasteiger partial charge in [-0.25, -0.2) is 0 Å². The van der Waals surface area contributed by atoms with Gasteiger partial charge in [-0.3, -0.25) is 4.79 Å². The van der Waals surface area contributed by atoms with E-state index in [4.69, 9.17) is 4.42 Å². The summed E-state index contributed by atoms with van der Waals surface area (Å²) in [6.07, 6.45) is 1.50. The predicted octanol–water partition coefficient (Wildman–Crippen LogP) is 3.89. The Morgan fingerprint density at radius 1 is 1.19 bits per heavy atom. The van der Waals surface area contributed by atoms with Crippen LogP contribution in [0.2, 0.25) is 0 Å². The van der Waals surface area contributed by atoms with E-state index in [1.165, 1.54) is 11.8 Å². The fourth-order valence-electron chi connectivity index (χ4n) is 1.47. The quantitative estimate of drug-likeness (QED) is 0.781. The molecule has 16 heavy (non-hydrogen) atoms. The van der Waals surface area contributed by atoms with Gasteiger partial charge in [-0.15, -0.1) is 0 Å². The zero-order valence-electron chi connectivity index (χ0n) is 9.08. The summed E-state index contributed by atoms with van der Waals surface area (Å²) in [7, 11) is 0. The Hall–Kier alpha value is -1.35. The van der Waals surface area contributed by atoms with Crippen molar-refractivity contribution in [2.45, 2.75) is 13.8 Å². The average Bonchev–Trinajstić information content (AvgIpc) is 2.67. The normalized spacial score (nSPS) is 10.4. The first-order valence-electron chi connectivity index (χ1n) is 4.94. The van der Waals surface area contributed by atoms with Gasteiger partial charge in [-0.05, 0) is 53.0 Å². The van der Waals surface area contributed by atoms with Crippen molar-refractivity contribution < 1.29 is 9.21 Å². The van der Waals surface area contributed by atoms with Crippen molar-refractivity contribution in [3.05, 3.63) is 57.5 Å². The number of rotatable bonds is 2. The van der Waals surface area contributed by atoms with Gasteiger partial charge in [0, 0.05) is 5.56 Å². The molecule has 2 rings (SSSR count). The smallest absolute Gasteiger partial charge is 0.229 e. The summed E-state index contributed by atoms with van der Waals surface area (Å²) in [5.41, 5.74) is 2.93. The molecule has 2 nitrogen and oxygen atoms in total. The Labute approximate surface area is 102 Å². The molecule has 0 aliphatic carbocycles. The lowest BCUT2D eigenvalue weighted by Gasteiger charge is -2.03. The summed E-state index contributed by atoms with van der Waals surface area (Å²) < 4.78 is 5.84. The highest BCUT2D eigenvalue weighted by atomic mass is 79.9. The molecule has 0 bridgehead atoms. The molecule has 1 heterocycles. The molecule has 0 aliphatic heterocycles. The average molecular weight is 279 g/mol. The first-order valence-corrected chi connectivity index (χ1v) is 5.74. The van der Waals surface area contributed by atoms with Crippen LogP contribution in [0.5, 0.6) is 0 Å². The zero-order chi connectivity index (χ0) is 11.7. The van der Waals surface area contributed by atoms with E-state index in [2.05, 4.69) is 15.9 Å². The number of hydrogen-bond acceptors (Lipinski definition) is 2. The minimum absolute atomic E-state index is 0.0972. The lowest BCUT2D eigenvalue weighted by molar-refractivity contribution is 0.101. The van der Waals surface area contributed by atoms with Gasteiger partial charge < -0.3 is 4.42 Å². The minimum Gasteiger partial charge on any atom is -0.460 e. The fourth-order valence-corrected chi connectivity index (χ4v) is 1.85. The topological polar surface area (TPSA) is 30.2 Å². The number of halogens is 1. The molecule has 0 saturated carbocycles. The van der Waals surface area contributed by atoms with Gasteiger partial charge in [0.15, 0.2) is 5.76 Å². The van der Waals surface area contributed by atoms with Crippen LogP contribution in [-0.2, 0) is 0 Å². The molecule has 0 amide bonds. The largest absolute Gasteiger partial charge is 0.460 e. The van der Waals surface area contributed by atoms with Crippen LogP contribution in [0.25, 0.3) is 0 Å². The first kappa shape index (κ1) is 11.1. The second kappa shape index (κ2) is 4.26. The van der Waals surface area contributed by atoms with Crippen LogP contribution in [0.1, 0.15) is 27.2 Å². The van der Waals surface area contributed by atoms with Crippen molar-refractivity contribution in [1.82, 2.24) is 0 Å². The van der Waals surface area contributed by atoms with Crippen LogP contribution in [0.3, 0.4) is 0 Å². The number of carbonyl (C=O) groups is 1. The monoisotopic (exact) mass is 278 g/mol. The molecule has 0 aliphatic rings. The van der Waals surface area contributed by atoms with Crippen molar-refractivity contribution in [1.29, 1.82) is 0 Å². The van der Waals surface area contributed by atoms with Crippen LogP contribution >= 0.6 is 15.9 Å². The van der Waals surface area contributed by atoms with E-state index in [1.807, 2.05) is 32.0 Å². The van der Waals surface area contributed by atoms with Crippen molar-refractivity contribution >= 4 is 21.7 Å². The Balaban J connectivity index is 2.42. The van der Waals surface area contributed by atoms with E-state index in [9.17, 15) is 4.79 Å². The van der Waals surface area contributed by atoms with E-state index in [0.717, 1.165) is 5.56 Å². The molecule has 2 aromatic rings. The highest BCUT2D eigenvalue weighted by Crippen LogP contribution is 2.22. The molecular weight excluding hydrogens is 268 g/mol. The van der Waals surface area contributed by atoms with Crippen LogP contribution in [0, 0.1) is 13.8 Å². The molecule has 0 saturated heterocycles. The number of ketones is 1. The Morgan fingerprint density at radius 3 is 2.50 bits per heavy atom. The van der Waals surface area contributed by atoms with Crippen LogP contribution in [0.15, 0.2) is 39.4 Å². The van der Waals surface area contributed by atoms with Crippen molar-refractivity contribution in [2.75, 3.05) is 0 Å². The summed E-state index contributed by atoms with van der Waals surface area (Å²) in [6.45, 7) is 4.01. The Bertz CT molecular complexity index is 541. The molecule has 0 radical (unpaired) electrons. The number of benzene rings is 1. The van der Waals surface area contributed by atoms with Crippen molar-refractivity contribution in [3.63, 3.8) is 0 Å². The molecule has 0 atom stereocenters. The van der Waals surface area contributed by atoms with E-state index < -0.39 is 0 Å². The number of furan rings is 1. The molecule has 0 N–H and O–H groups in total. The summed E-state index contributed by atoms with van der Waals surface area (Å²) in [5, 5.41) is 0. The van der Waals surface area contributed by atoms with Crippen molar-refractivity contribution in [3.8, 4) is 0 Å². The number of hydrogen-bond donors (Lipinski definition) is 0. The lowest BCUT2D eigenvalue weighted by Crippen LogP contribution is -2.01. The van der Waals surface area contributed by atoms with Crippen LogP contribution in [0.4, 0.5) is 0 Å². The maximum absolute atomic E-state index is 12.1. The van der Waals surface area contributed by atoms with Gasteiger partial charge in [-0.1, -0.05) is 12.1 Å². The lowest BCUT2D eigenvalue weighted by atomic mass is 10.0. The third-order valence-electron chi connectivity index (χ3n) is 2.59. The third kappa shape index (κ3) is 1.95. The molecule has 1 aromatic heterocycles. The van der Waals surface area contributed by atoms with Gasteiger partial charge in [0.05, 0.1) is 10.7 Å². The molecule has 82 valence electrons. The van der Waals surface area contributed by atoms with Gasteiger partial charge in [-0.2, -0.15) is 0 Å². The van der Waals surface area contributed by atoms with Crippen LogP contribution in [-0.4, -0.2) is 5.78 Å². The maximum Gasteiger partial charge on any atom is 0.229 e. The number of aryl methyl sites for hydroxylation is 2. The van der Waals surface area contributed by atoms with E-state index >= 15 is 0 Å². The molecule has 0 spiro atoms. The van der Waals surface area contributed by atoms with E-state index in [0.29, 0.717) is 15.8 Å². The maximum atomic E-state index is 12.1. The Morgan fingerprint density at radius 2 is 1.94 bits per heavy atom. The van der Waals surface area contributed by atoms with E-state index in [-0.39, 0.29) is 5.78 Å². The summed E-state index contributed by atoms with van der Waals surface area (Å²) in [5.74, 6) is 0.253. The molecule has 0 fully saturated rings. The van der Waals surface area contributed by atoms with Gasteiger partial charge in [0.2, 0.25) is 5.78 Å². The van der Waals surface area contributed by atoms with Crippen molar-refractivity contribution in [2.24, 2.45) is 0 Å². The molecule has 3 heteroatoms. The standard InChI is InChI=1S/C13H11BrO2/c1-8-3-4-10(7-9(8)2)12(15)13-11(14)5-6-16-13/h3-7H,1-2H3.